The summed E-state index contributed by atoms with van der Waals surface area (Å²) in [6.45, 7) is 10.00. The van der Waals surface area contributed by atoms with Crippen molar-refractivity contribution >= 4 is 19.9 Å². The quantitative estimate of drug-likeness (QED) is 0.451. The van der Waals surface area contributed by atoms with Crippen molar-refractivity contribution in [2.75, 3.05) is 6.61 Å². The second-order valence-corrected chi connectivity index (χ2v) is 11.3. The number of carbonyl (C=O) groups is 1. The largest absolute Gasteiger partial charge is 0.463 e. The number of benzene rings is 1. The van der Waals surface area contributed by atoms with Crippen LogP contribution >= 0.6 is 0 Å². The molecule has 0 aliphatic rings. The molecule has 1 aromatic carbocycles. The molecule has 0 aliphatic heterocycles. The van der Waals surface area contributed by atoms with Gasteiger partial charge in [-0.3, -0.25) is 0 Å². The molecule has 5 heteroatoms. The van der Waals surface area contributed by atoms with Gasteiger partial charge in [0.25, 0.3) is 0 Å². The lowest BCUT2D eigenvalue weighted by atomic mass is 9.96. The first-order valence-electron chi connectivity index (χ1n) is 7.92. The second-order valence-electron chi connectivity index (χ2n) is 6.87. The van der Waals surface area contributed by atoms with Crippen LogP contribution in [-0.4, -0.2) is 25.7 Å². The summed E-state index contributed by atoms with van der Waals surface area (Å²) in [6.07, 6.45) is 2.83. The highest BCUT2D eigenvalue weighted by atomic mass is 28.4. The van der Waals surface area contributed by atoms with E-state index < -0.39 is 14.3 Å². The van der Waals surface area contributed by atoms with E-state index in [9.17, 15) is 14.0 Å². The minimum atomic E-state index is -2.32. The number of hydrogen-bond acceptors (Lipinski definition) is 3. The Labute approximate surface area is 139 Å². The summed E-state index contributed by atoms with van der Waals surface area (Å²) in [6, 6.07) is 6.08. The van der Waals surface area contributed by atoms with Crippen molar-refractivity contribution in [2.24, 2.45) is 0 Å². The molecule has 0 unspecified atom stereocenters. The number of rotatable bonds is 7. The van der Waals surface area contributed by atoms with Crippen molar-refractivity contribution < 1.29 is 18.7 Å². The molecule has 1 aromatic rings. The zero-order chi connectivity index (χ0) is 17.7. The summed E-state index contributed by atoms with van der Waals surface area (Å²) in [7, 11) is -2.32. The number of ether oxygens (including phenoxy) is 1. The average Bonchev–Trinajstić information content (AvgIpc) is 2.43. The summed E-state index contributed by atoms with van der Waals surface area (Å²) in [4.78, 5) is 22.2. The molecule has 0 saturated carbocycles. The van der Waals surface area contributed by atoms with Crippen LogP contribution in [0.15, 0.2) is 30.3 Å². The molecule has 0 saturated heterocycles. The normalized spacial score (nSPS) is 13.1. The maximum atomic E-state index is 13.1. The third kappa shape index (κ3) is 5.92. The van der Waals surface area contributed by atoms with E-state index in [0.717, 1.165) is 17.6 Å². The highest BCUT2D eigenvalue weighted by molar-refractivity contribution is 6.72. The highest BCUT2D eigenvalue weighted by Crippen LogP contribution is 2.41. The third-order valence-corrected chi connectivity index (χ3v) is 8.03. The van der Waals surface area contributed by atoms with Gasteiger partial charge in [-0.05, 0) is 61.2 Å². The fourth-order valence-corrected chi connectivity index (χ4v) is 2.78. The van der Waals surface area contributed by atoms with Gasteiger partial charge in [0.2, 0.25) is 0 Å². The maximum absolute atomic E-state index is 13.1. The lowest BCUT2D eigenvalue weighted by molar-refractivity contribution is -0.137. The Morgan fingerprint density at radius 2 is 1.87 bits per heavy atom. The van der Waals surface area contributed by atoms with Crippen molar-refractivity contribution in [2.45, 2.75) is 51.7 Å². The molecule has 0 fully saturated rings. The van der Waals surface area contributed by atoms with Gasteiger partial charge in [0, 0.05) is 6.08 Å². The Kier molecular flexibility index (Phi) is 6.71. The van der Waals surface area contributed by atoms with Gasteiger partial charge < -0.3 is 9.53 Å². The standard InChI is InChI=1S/C18H27FO3Si/c1-6-22-17(20)13-15(14-7-9-16(19)10-8-14)11-12-18(2,3)23(4,5)21/h7-10,13,21H,6,11-12H2,1-5H3/b15-13+. The SMILES string of the molecule is CCOC(=O)/C=C(\CCC(C)(C)[Si](C)(C)O)c1ccc(F)cc1. The van der Waals surface area contributed by atoms with E-state index in [-0.39, 0.29) is 10.9 Å². The molecule has 0 radical (unpaired) electrons. The molecule has 23 heavy (non-hydrogen) atoms. The lowest BCUT2D eigenvalue weighted by Crippen LogP contribution is -2.38. The fourth-order valence-electron chi connectivity index (χ4n) is 2.04. The molecule has 3 nitrogen and oxygen atoms in total. The minimum absolute atomic E-state index is 0.194. The Morgan fingerprint density at radius 1 is 1.30 bits per heavy atom. The first kappa shape index (κ1) is 19.6. The minimum Gasteiger partial charge on any atom is -0.463 e. The summed E-state index contributed by atoms with van der Waals surface area (Å²) in [5, 5.41) is -0.194. The number of allylic oxidation sites excluding steroid dienone is 1. The van der Waals surface area contributed by atoms with E-state index in [1.165, 1.54) is 18.2 Å². The zero-order valence-electron chi connectivity index (χ0n) is 14.6. The van der Waals surface area contributed by atoms with Crippen LogP contribution in [0.25, 0.3) is 5.57 Å². The van der Waals surface area contributed by atoms with Gasteiger partial charge in [-0.1, -0.05) is 26.0 Å². The van der Waals surface area contributed by atoms with E-state index in [1.807, 2.05) is 26.9 Å². The average molecular weight is 338 g/mol. The van der Waals surface area contributed by atoms with Crippen LogP contribution in [0.4, 0.5) is 4.39 Å². The van der Waals surface area contributed by atoms with Crippen molar-refractivity contribution in [1.29, 1.82) is 0 Å². The van der Waals surface area contributed by atoms with Crippen molar-refractivity contribution in [3.05, 3.63) is 41.7 Å². The van der Waals surface area contributed by atoms with Gasteiger partial charge in [-0.15, -0.1) is 0 Å². The van der Waals surface area contributed by atoms with E-state index in [4.69, 9.17) is 4.74 Å². The maximum Gasteiger partial charge on any atom is 0.331 e. The van der Waals surface area contributed by atoms with Crippen molar-refractivity contribution in [1.82, 2.24) is 0 Å². The predicted octanol–water partition coefficient (Wildman–Crippen LogP) is 4.53. The highest BCUT2D eigenvalue weighted by Gasteiger charge is 2.37. The summed E-state index contributed by atoms with van der Waals surface area (Å²) >= 11 is 0. The molecule has 0 aliphatic carbocycles. The molecule has 0 amide bonds. The van der Waals surface area contributed by atoms with Gasteiger partial charge in [-0.25, -0.2) is 9.18 Å². The van der Waals surface area contributed by atoms with Crippen LogP contribution in [0.1, 0.15) is 39.2 Å². The first-order valence-corrected chi connectivity index (χ1v) is 10.9. The van der Waals surface area contributed by atoms with Crippen LogP contribution in [0.3, 0.4) is 0 Å². The second kappa shape index (κ2) is 7.88. The smallest absolute Gasteiger partial charge is 0.331 e. The Bertz CT molecular complexity index is 557. The fraction of sp³-hybridized carbons (Fsp3) is 0.500. The summed E-state index contributed by atoms with van der Waals surface area (Å²) in [5.41, 5.74) is 1.60. The van der Waals surface area contributed by atoms with E-state index >= 15 is 0 Å². The van der Waals surface area contributed by atoms with Gasteiger partial charge in [0.1, 0.15) is 5.82 Å². The molecule has 1 rings (SSSR count). The molecule has 0 heterocycles. The van der Waals surface area contributed by atoms with Gasteiger partial charge in [0.05, 0.1) is 6.61 Å². The van der Waals surface area contributed by atoms with Crippen molar-refractivity contribution in [3.8, 4) is 0 Å². The van der Waals surface area contributed by atoms with Crippen LogP contribution < -0.4 is 0 Å². The molecule has 0 aromatic heterocycles. The van der Waals surface area contributed by atoms with E-state index in [2.05, 4.69) is 0 Å². The molecular weight excluding hydrogens is 311 g/mol. The number of carbonyl (C=O) groups excluding carboxylic acids is 1. The van der Waals surface area contributed by atoms with Gasteiger partial charge in [0.15, 0.2) is 8.32 Å². The lowest BCUT2D eigenvalue weighted by Gasteiger charge is -2.35. The summed E-state index contributed by atoms with van der Waals surface area (Å²) in [5.74, 6) is -0.710. The topological polar surface area (TPSA) is 46.5 Å². The van der Waals surface area contributed by atoms with Crippen LogP contribution in [-0.2, 0) is 9.53 Å². The number of esters is 1. The molecule has 1 N–H and O–H groups in total. The molecule has 0 spiro atoms. The monoisotopic (exact) mass is 338 g/mol. The Morgan fingerprint density at radius 3 is 2.35 bits per heavy atom. The van der Waals surface area contributed by atoms with Gasteiger partial charge in [-0.2, -0.15) is 0 Å². The molecule has 0 bridgehead atoms. The first-order chi connectivity index (χ1) is 10.6. The zero-order valence-corrected chi connectivity index (χ0v) is 15.6. The van der Waals surface area contributed by atoms with E-state index in [0.29, 0.717) is 13.0 Å². The molecule has 128 valence electrons. The van der Waals surface area contributed by atoms with Crippen LogP contribution in [0, 0.1) is 5.82 Å². The van der Waals surface area contributed by atoms with Crippen LogP contribution in [0.2, 0.25) is 18.1 Å². The summed E-state index contributed by atoms with van der Waals surface area (Å²) < 4.78 is 18.1. The molecular formula is C18H27FO3Si. The predicted molar refractivity (Wildman–Crippen MR) is 94.0 cm³/mol. The van der Waals surface area contributed by atoms with Crippen LogP contribution in [0.5, 0.6) is 0 Å². The van der Waals surface area contributed by atoms with Gasteiger partial charge >= 0.3 is 5.97 Å². The Balaban J connectivity index is 3.01. The number of halogens is 1. The molecule has 0 atom stereocenters. The van der Waals surface area contributed by atoms with E-state index in [1.54, 1.807) is 19.1 Å². The third-order valence-electron chi connectivity index (χ3n) is 4.47. The Hall–Kier alpha value is -1.46. The van der Waals surface area contributed by atoms with Crippen molar-refractivity contribution in [3.63, 3.8) is 0 Å². The number of hydrogen-bond donors (Lipinski definition) is 1.